The lowest BCUT2D eigenvalue weighted by Crippen LogP contribution is -2.43. The van der Waals surface area contributed by atoms with Crippen molar-refractivity contribution in [3.8, 4) is 5.75 Å². The lowest BCUT2D eigenvalue weighted by atomic mass is 9.76. The van der Waals surface area contributed by atoms with E-state index in [1.807, 2.05) is 24.3 Å². The second-order valence-electron chi connectivity index (χ2n) is 8.16. The third-order valence-corrected chi connectivity index (χ3v) is 4.70. The highest BCUT2D eigenvalue weighted by atomic mass is 16.5. The van der Waals surface area contributed by atoms with E-state index in [0.29, 0.717) is 18.0 Å². The number of rotatable bonds is 5. The van der Waals surface area contributed by atoms with Crippen LogP contribution in [0.2, 0.25) is 0 Å². The van der Waals surface area contributed by atoms with Crippen LogP contribution in [0, 0.1) is 11.3 Å². The quantitative estimate of drug-likeness (QED) is 0.834. The molecule has 1 aromatic rings. The Hall–Kier alpha value is -1.71. The van der Waals surface area contributed by atoms with Crippen molar-refractivity contribution >= 4 is 6.03 Å². The number of hydrogen-bond donors (Lipinski definition) is 2. The Bertz CT molecular complexity index is 511. The van der Waals surface area contributed by atoms with Crippen molar-refractivity contribution in [2.45, 2.75) is 65.5 Å². The molecule has 0 bridgehead atoms. The molecule has 4 nitrogen and oxygen atoms in total. The van der Waals surface area contributed by atoms with Crippen LogP contribution in [0.1, 0.15) is 58.4 Å². The van der Waals surface area contributed by atoms with E-state index in [1.54, 1.807) is 7.11 Å². The average molecular weight is 332 g/mol. The first-order valence-corrected chi connectivity index (χ1v) is 9.03. The molecule has 4 heteroatoms. The maximum atomic E-state index is 12.1. The van der Waals surface area contributed by atoms with Gasteiger partial charge in [-0.25, -0.2) is 4.79 Å². The third kappa shape index (κ3) is 6.42. The molecule has 2 amide bonds. The summed E-state index contributed by atoms with van der Waals surface area (Å²) < 4.78 is 5.13. The molecule has 0 radical (unpaired) electrons. The van der Waals surface area contributed by atoms with Crippen LogP contribution < -0.4 is 15.4 Å². The van der Waals surface area contributed by atoms with Crippen LogP contribution in [0.3, 0.4) is 0 Å². The lowest BCUT2D eigenvalue weighted by Gasteiger charge is -2.33. The van der Waals surface area contributed by atoms with Crippen molar-refractivity contribution < 1.29 is 9.53 Å². The molecule has 134 valence electrons. The van der Waals surface area contributed by atoms with Crippen LogP contribution in [-0.4, -0.2) is 19.2 Å². The molecule has 2 N–H and O–H groups in total. The molecule has 24 heavy (non-hydrogen) atoms. The molecule has 1 aliphatic rings. The second kappa shape index (κ2) is 8.41. The van der Waals surface area contributed by atoms with E-state index in [2.05, 4.69) is 31.4 Å². The van der Waals surface area contributed by atoms with Gasteiger partial charge in [0, 0.05) is 12.6 Å². The van der Waals surface area contributed by atoms with Crippen molar-refractivity contribution in [1.82, 2.24) is 10.6 Å². The number of carbonyl (C=O) groups excluding carboxylic acids is 1. The molecule has 0 heterocycles. The van der Waals surface area contributed by atoms with Crippen molar-refractivity contribution in [2.75, 3.05) is 7.11 Å². The van der Waals surface area contributed by atoms with Crippen molar-refractivity contribution in [2.24, 2.45) is 11.3 Å². The largest absolute Gasteiger partial charge is 0.497 e. The van der Waals surface area contributed by atoms with E-state index in [9.17, 15) is 4.79 Å². The molecular formula is C20H32N2O2. The number of nitrogens with one attached hydrogen (secondary N) is 2. The summed E-state index contributed by atoms with van der Waals surface area (Å²) in [6.07, 6.45) is 5.91. The smallest absolute Gasteiger partial charge is 0.315 e. The van der Waals surface area contributed by atoms with Crippen molar-refractivity contribution in [1.29, 1.82) is 0 Å². The van der Waals surface area contributed by atoms with Crippen molar-refractivity contribution in [3.05, 3.63) is 29.8 Å². The molecule has 0 aliphatic heterocycles. The van der Waals surface area contributed by atoms with Crippen LogP contribution in [0.5, 0.6) is 5.75 Å². The zero-order valence-electron chi connectivity index (χ0n) is 15.5. The highest BCUT2D eigenvalue weighted by Crippen LogP contribution is 2.34. The van der Waals surface area contributed by atoms with Gasteiger partial charge >= 0.3 is 6.03 Å². The Morgan fingerprint density at radius 2 is 1.75 bits per heavy atom. The molecule has 1 aliphatic carbocycles. The number of methoxy groups -OCH3 is 1. The van der Waals surface area contributed by atoms with Gasteiger partial charge in [0.05, 0.1) is 7.11 Å². The molecule has 0 unspecified atom stereocenters. The molecular weight excluding hydrogens is 300 g/mol. The highest BCUT2D eigenvalue weighted by molar-refractivity contribution is 5.74. The predicted molar refractivity (Wildman–Crippen MR) is 98.2 cm³/mol. The van der Waals surface area contributed by atoms with E-state index >= 15 is 0 Å². The van der Waals surface area contributed by atoms with Crippen LogP contribution in [0.15, 0.2) is 24.3 Å². The summed E-state index contributed by atoms with van der Waals surface area (Å²) in [4.78, 5) is 12.1. The average Bonchev–Trinajstić information content (AvgIpc) is 2.54. The van der Waals surface area contributed by atoms with Crippen LogP contribution in [0.25, 0.3) is 0 Å². The molecule has 1 fully saturated rings. The van der Waals surface area contributed by atoms with Crippen molar-refractivity contribution in [3.63, 3.8) is 0 Å². The molecule has 1 saturated carbocycles. The maximum Gasteiger partial charge on any atom is 0.315 e. The molecule has 2 rings (SSSR count). The Morgan fingerprint density at radius 1 is 1.12 bits per heavy atom. The summed E-state index contributed by atoms with van der Waals surface area (Å²) in [6, 6.07) is 8.01. The van der Waals surface area contributed by atoms with E-state index in [4.69, 9.17) is 4.74 Å². The molecule has 0 saturated heterocycles. The second-order valence-corrected chi connectivity index (χ2v) is 8.16. The fraction of sp³-hybridized carbons (Fsp3) is 0.650. The van der Waals surface area contributed by atoms with Gasteiger partial charge in [-0.1, -0.05) is 32.9 Å². The summed E-state index contributed by atoms with van der Waals surface area (Å²) in [7, 11) is 1.65. The van der Waals surface area contributed by atoms with Gasteiger partial charge < -0.3 is 15.4 Å². The number of urea groups is 1. The topological polar surface area (TPSA) is 50.4 Å². The predicted octanol–water partition coefficient (Wildman–Crippen LogP) is 4.49. The van der Waals surface area contributed by atoms with Gasteiger partial charge in [0.2, 0.25) is 0 Å². The number of benzene rings is 1. The van der Waals surface area contributed by atoms with E-state index in [0.717, 1.165) is 30.1 Å². The summed E-state index contributed by atoms with van der Waals surface area (Å²) >= 11 is 0. The van der Waals surface area contributed by atoms with Gasteiger partial charge in [0.1, 0.15) is 5.75 Å². The Kier molecular flexibility index (Phi) is 6.52. The Balaban J connectivity index is 1.68. The minimum absolute atomic E-state index is 0.0647. The van der Waals surface area contributed by atoms with E-state index in [-0.39, 0.29) is 6.03 Å². The monoisotopic (exact) mass is 332 g/mol. The summed E-state index contributed by atoms with van der Waals surface area (Å²) in [5.74, 6) is 1.64. The first-order valence-electron chi connectivity index (χ1n) is 9.03. The SMILES string of the molecule is COc1ccc(CNC(=O)NC2CCC(CC(C)(C)C)CC2)cc1. The highest BCUT2D eigenvalue weighted by Gasteiger charge is 2.25. The van der Waals surface area contributed by atoms with E-state index in [1.165, 1.54) is 19.3 Å². The summed E-state index contributed by atoms with van der Waals surface area (Å²) in [5, 5.41) is 6.06. The van der Waals surface area contributed by atoms with E-state index < -0.39 is 0 Å². The Labute approximate surface area is 146 Å². The maximum absolute atomic E-state index is 12.1. The standard InChI is InChI=1S/C20H32N2O2/c1-20(2,3)13-15-5-9-17(10-6-15)22-19(23)21-14-16-7-11-18(24-4)12-8-16/h7-8,11-12,15,17H,5-6,9-10,13-14H2,1-4H3,(H2,21,22,23). The number of ether oxygens (including phenoxy) is 1. The number of amides is 2. The molecule has 0 spiro atoms. The van der Waals surface area contributed by atoms with Gasteiger partial charge in [-0.2, -0.15) is 0 Å². The number of carbonyl (C=O) groups is 1. The minimum Gasteiger partial charge on any atom is -0.497 e. The third-order valence-electron chi connectivity index (χ3n) is 4.70. The van der Waals surface area contributed by atoms with Gasteiger partial charge in [0.25, 0.3) is 0 Å². The summed E-state index contributed by atoms with van der Waals surface area (Å²) in [5.41, 5.74) is 1.47. The first kappa shape index (κ1) is 18.6. The van der Waals surface area contributed by atoms with Gasteiger partial charge in [-0.05, 0) is 61.1 Å². The fourth-order valence-electron chi connectivity index (χ4n) is 3.54. The zero-order chi connectivity index (χ0) is 17.6. The molecule has 0 aromatic heterocycles. The van der Waals surface area contributed by atoms with Crippen LogP contribution in [-0.2, 0) is 6.54 Å². The Morgan fingerprint density at radius 3 is 2.29 bits per heavy atom. The zero-order valence-corrected chi connectivity index (χ0v) is 15.5. The molecule has 1 aromatic carbocycles. The first-order chi connectivity index (χ1) is 11.4. The molecule has 0 atom stereocenters. The minimum atomic E-state index is -0.0647. The van der Waals surface area contributed by atoms with Gasteiger partial charge in [0.15, 0.2) is 0 Å². The number of hydrogen-bond acceptors (Lipinski definition) is 2. The summed E-state index contributed by atoms with van der Waals surface area (Å²) in [6.45, 7) is 7.47. The normalized spacial score (nSPS) is 21.2. The van der Waals surface area contributed by atoms with Crippen LogP contribution >= 0.6 is 0 Å². The fourth-order valence-corrected chi connectivity index (χ4v) is 3.54. The van der Waals surface area contributed by atoms with Crippen LogP contribution in [0.4, 0.5) is 4.79 Å². The van der Waals surface area contributed by atoms with Gasteiger partial charge in [-0.15, -0.1) is 0 Å². The lowest BCUT2D eigenvalue weighted by molar-refractivity contribution is 0.205. The van der Waals surface area contributed by atoms with Gasteiger partial charge in [-0.3, -0.25) is 0 Å².